The van der Waals surface area contributed by atoms with Crippen molar-refractivity contribution in [3.63, 3.8) is 0 Å². The van der Waals surface area contributed by atoms with Crippen molar-refractivity contribution in [2.75, 3.05) is 14.2 Å². The van der Waals surface area contributed by atoms with Crippen LogP contribution in [0.2, 0.25) is 0 Å². The zero-order valence-corrected chi connectivity index (χ0v) is 14.3. The number of benzene rings is 1. The summed E-state index contributed by atoms with van der Waals surface area (Å²) in [6.45, 7) is 5.12. The average molecular weight is 315 g/mol. The van der Waals surface area contributed by atoms with Gasteiger partial charge >= 0.3 is 0 Å². The third-order valence-electron chi connectivity index (χ3n) is 4.65. The van der Waals surface area contributed by atoms with Crippen LogP contribution >= 0.6 is 0 Å². The van der Waals surface area contributed by atoms with Gasteiger partial charge in [-0.05, 0) is 49.1 Å². The molecule has 0 bridgehead atoms. The van der Waals surface area contributed by atoms with Gasteiger partial charge in [0, 0.05) is 12.0 Å². The summed E-state index contributed by atoms with van der Waals surface area (Å²) in [5.74, 6) is 5.03. The second kappa shape index (κ2) is 6.67. The van der Waals surface area contributed by atoms with Gasteiger partial charge < -0.3 is 19.2 Å². The largest absolute Gasteiger partial charge is 0.493 e. The fraction of sp³-hybridized carbons (Fsp3) is 0.474. The zero-order valence-electron chi connectivity index (χ0n) is 14.3. The van der Waals surface area contributed by atoms with E-state index in [4.69, 9.17) is 13.9 Å². The van der Waals surface area contributed by atoms with Crippen molar-refractivity contribution < 1.29 is 13.9 Å². The molecule has 4 nitrogen and oxygen atoms in total. The predicted octanol–water partition coefficient (Wildman–Crippen LogP) is 4.27. The van der Waals surface area contributed by atoms with Gasteiger partial charge in [0.25, 0.3) is 0 Å². The number of rotatable bonds is 7. The molecule has 3 atom stereocenters. The van der Waals surface area contributed by atoms with Crippen molar-refractivity contribution in [1.82, 2.24) is 5.32 Å². The maximum absolute atomic E-state index is 5.94. The molecule has 2 aromatic rings. The summed E-state index contributed by atoms with van der Waals surface area (Å²) in [5, 5.41) is 3.50. The number of nitrogens with one attached hydrogen (secondary N) is 1. The summed E-state index contributed by atoms with van der Waals surface area (Å²) >= 11 is 0. The van der Waals surface area contributed by atoms with Crippen molar-refractivity contribution in [3.05, 3.63) is 47.4 Å². The second-order valence-corrected chi connectivity index (χ2v) is 6.34. The lowest BCUT2D eigenvalue weighted by Gasteiger charge is -2.16. The van der Waals surface area contributed by atoms with E-state index in [1.165, 1.54) is 6.42 Å². The number of hydrogen-bond acceptors (Lipinski definition) is 4. The van der Waals surface area contributed by atoms with Crippen LogP contribution < -0.4 is 14.8 Å². The van der Waals surface area contributed by atoms with Crippen LogP contribution in [0.5, 0.6) is 11.5 Å². The van der Waals surface area contributed by atoms with Gasteiger partial charge in [-0.1, -0.05) is 13.0 Å². The highest BCUT2D eigenvalue weighted by atomic mass is 16.5. The molecule has 1 saturated carbocycles. The Labute approximate surface area is 137 Å². The third kappa shape index (κ3) is 3.53. The molecule has 23 heavy (non-hydrogen) atoms. The van der Waals surface area contributed by atoms with Crippen LogP contribution in [0, 0.1) is 5.92 Å². The molecule has 0 spiro atoms. The Balaban J connectivity index is 1.60. The van der Waals surface area contributed by atoms with Gasteiger partial charge in [0.15, 0.2) is 11.5 Å². The molecule has 1 fully saturated rings. The molecule has 0 radical (unpaired) electrons. The van der Waals surface area contributed by atoms with Gasteiger partial charge in [-0.15, -0.1) is 0 Å². The number of methoxy groups -OCH3 is 2. The van der Waals surface area contributed by atoms with Crippen LogP contribution in [0.15, 0.2) is 34.7 Å². The molecule has 1 aliphatic carbocycles. The molecule has 1 heterocycles. The Bertz CT molecular complexity index is 664. The van der Waals surface area contributed by atoms with E-state index in [-0.39, 0.29) is 6.04 Å². The van der Waals surface area contributed by atoms with E-state index < -0.39 is 0 Å². The molecule has 1 aliphatic rings. The Morgan fingerprint density at radius 1 is 1.17 bits per heavy atom. The fourth-order valence-electron chi connectivity index (χ4n) is 2.90. The summed E-state index contributed by atoms with van der Waals surface area (Å²) in [4.78, 5) is 0. The van der Waals surface area contributed by atoms with Crippen LogP contribution in [-0.4, -0.2) is 14.2 Å². The van der Waals surface area contributed by atoms with E-state index in [9.17, 15) is 0 Å². The zero-order chi connectivity index (χ0) is 16.4. The smallest absolute Gasteiger partial charge is 0.161 e. The van der Waals surface area contributed by atoms with Crippen molar-refractivity contribution in [3.8, 4) is 11.5 Å². The minimum absolute atomic E-state index is 0.197. The summed E-state index contributed by atoms with van der Waals surface area (Å²) in [5.41, 5.74) is 1.16. The maximum atomic E-state index is 5.94. The topological polar surface area (TPSA) is 43.6 Å². The molecule has 1 aromatic heterocycles. The van der Waals surface area contributed by atoms with Crippen molar-refractivity contribution in [1.29, 1.82) is 0 Å². The van der Waals surface area contributed by atoms with E-state index in [2.05, 4.69) is 37.4 Å². The molecule has 0 amide bonds. The molecule has 1 N–H and O–H groups in total. The molecule has 3 rings (SSSR count). The lowest BCUT2D eigenvalue weighted by molar-refractivity contribution is 0.353. The Morgan fingerprint density at radius 2 is 1.91 bits per heavy atom. The first-order valence-corrected chi connectivity index (χ1v) is 8.16. The molecular weight excluding hydrogens is 290 g/mol. The highest BCUT2D eigenvalue weighted by Gasteiger charge is 2.36. The number of furan rings is 1. The van der Waals surface area contributed by atoms with E-state index in [0.717, 1.165) is 41.0 Å². The predicted molar refractivity (Wildman–Crippen MR) is 90.0 cm³/mol. The summed E-state index contributed by atoms with van der Waals surface area (Å²) < 4.78 is 16.6. The van der Waals surface area contributed by atoms with Crippen molar-refractivity contribution in [2.24, 2.45) is 5.92 Å². The van der Waals surface area contributed by atoms with E-state index >= 15 is 0 Å². The second-order valence-electron chi connectivity index (χ2n) is 6.34. The highest BCUT2D eigenvalue weighted by molar-refractivity contribution is 5.43. The molecular formula is C19H25NO3. The average Bonchev–Trinajstić information content (AvgIpc) is 3.12. The highest BCUT2D eigenvalue weighted by Crippen LogP contribution is 2.47. The monoisotopic (exact) mass is 315 g/mol. The lowest BCUT2D eigenvalue weighted by Crippen LogP contribution is -2.17. The molecule has 124 valence electrons. The SMILES string of the molecule is COc1ccc(C(C)NCc2ccc(C3CC3C)o2)cc1OC. The first kappa shape index (κ1) is 15.9. The Morgan fingerprint density at radius 3 is 2.57 bits per heavy atom. The first-order valence-electron chi connectivity index (χ1n) is 8.16. The van der Waals surface area contributed by atoms with Crippen LogP contribution in [0.4, 0.5) is 0 Å². The molecule has 0 saturated heterocycles. The van der Waals surface area contributed by atoms with Gasteiger partial charge in [-0.25, -0.2) is 0 Å². The maximum Gasteiger partial charge on any atom is 0.161 e. The van der Waals surface area contributed by atoms with Crippen LogP contribution in [0.3, 0.4) is 0 Å². The molecule has 3 unspecified atom stereocenters. The first-order chi connectivity index (χ1) is 11.1. The summed E-state index contributed by atoms with van der Waals surface area (Å²) in [7, 11) is 3.30. The Kier molecular flexibility index (Phi) is 4.62. The van der Waals surface area contributed by atoms with Gasteiger partial charge in [-0.3, -0.25) is 0 Å². The minimum Gasteiger partial charge on any atom is -0.493 e. The van der Waals surface area contributed by atoms with E-state index in [1.54, 1.807) is 14.2 Å². The quantitative estimate of drug-likeness (QED) is 0.828. The minimum atomic E-state index is 0.197. The van der Waals surface area contributed by atoms with Gasteiger partial charge in [0.1, 0.15) is 11.5 Å². The standard InChI is InChI=1S/C19H25NO3/c1-12-9-16(12)17-8-6-15(23-17)11-20-13(2)14-5-7-18(21-3)19(10-14)22-4/h5-8,10,12-13,16,20H,9,11H2,1-4H3. The van der Waals surface area contributed by atoms with Gasteiger partial charge in [0.2, 0.25) is 0 Å². The van der Waals surface area contributed by atoms with Gasteiger partial charge in [-0.2, -0.15) is 0 Å². The molecule has 0 aliphatic heterocycles. The van der Waals surface area contributed by atoms with Crippen molar-refractivity contribution >= 4 is 0 Å². The lowest BCUT2D eigenvalue weighted by atomic mass is 10.1. The van der Waals surface area contributed by atoms with E-state index in [1.807, 2.05) is 12.1 Å². The number of ether oxygens (including phenoxy) is 2. The Hall–Kier alpha value is -1.94. The summed E-state index contributed by atoms with van der Waals surface area (Å²) in [6, 6.07) is 10.4. The van der Waals surface area contributed by atoms with Crippen LogP contribution in [-0.2, 0) is 6.54 Å². The third-order valence-corrected chi connectivity index (χ3v) is 4.65. The molecule has 4 heteroatoms. The van der Waals surface area contributed by atoms with Crippen molar-refractivity contribution in [2.45, 2.75) is 38.8 Å². The number of hydrogen-bond donors (Lipinski definition) is 1. The fourth-order valence-corrected chi connectivity index (χ4v) is 2.90. The normalized spacial score (nSPS) is 21.0. The summed E-state index contributed by atoms with van der Waals surface area (Å²) in [6.07, 6.45) is 1.25. The van der Waals surface area contributed by atoms with Crippen LogP contribution in [0.25, 0.3) is 0 Å². The van der Waals surface area contributed by atoms with Crippen LogP contribution in [0.1, 0.15) is 49.3 Å². The van der Waals surface area contributed by atoms with E-state index in [0.29, 0.717) is 5.92 Å². The molecule has 1 aromatic carbocycles. The van der Waals surface area contributed by atoms with Gasteiger partial charge in [0.05, 0.1) is 20.8 Å².